The second kappa shape index (κ2) is 8.83. The molecule has 0 radical (unpaired) electrons. The second-order valence-corrected chi connectivity index (χ2v) is 4.41. The zero-order valence-corrected chi connectivity index (χ0v) is 14.1. The molecule has 0 spiro atoms. The summed E-state index contributed by atoms with van der Waals surface area (Å²) >= 11 is 0. The van der Waals surface area contributed by atoms with Crippen molar-refractivity contribution >= 4 is 10.9 Å². The summed E-state index contributed by atoms with van der Waals surface area (Å²) in [5, 5.41) is 0.731. The monoisotopic (exact) mass is 295 g/mol. The van der Waals surface area contributed by atoms with Crippen LogP contribution in [0.2, 0.25) is 0 Å². The molecule has 0 aliphatic rings. The lowest BCUT2D eigenvalue weighted by Gasteiger charge is -2.07. The summed E-state index contributed by atoms with van der Waals surface area (Å²) < 4.78 is 0. The van der Waals surface area contributed by atoms with Gasteiger partial charge in [0.05, 0.1) is 0 Å². The van der Waals surface area contributed by atoms with Crippen molar-refractivity contribution in [2.45, 2.75) is 34.6 Å². The van der Waals surface area contributed by atoms with Gasteiger partial charge in [0.2, 0.25) is 0 Å². The van der Waals surface area contributed by atoms with E-state index in [2.05, 4.69) is 4.98 Å². The first kappa shape index (κ1) is 17.7. The van der Waals surface area contributed by atoms with E-state index in [0.717, 1.165) is 27.7 Å². The standard InChI is InChI=1S/C16H13NO.2C2H6/c1-11-6-2-3-7-12(11)15-10-16(18)13-8-4-5-9-14(13)17-15;2*1-2/h2-10H,1H3,(H,17,18);2*1-2H3. The molecule has 0 bridgehead atoms. The average Bonchev–Trinajstić information content (AvgIpc) is 2.59. The number of nitrogens with one attached hydrogen (secondary N) is 1. The molecule has 0 saturated heterocycles. The van der Waals surface area contributed by atoms with Crippen LogP contribution in [-0.2, 0) is 0 Å². The Morgan fingerprint density at radius 3 is 2.09 bits per heavy atom. The predicted octanol–water partition coefficient (Wildman–Crippen LogP) is 5.56. The van der Waals surface area contributed by atoms with Crippen molar-refractivity contribution in [2.75, 3.05) is 0 Å². The highest BCUT2D eigenvalue weighted by Crippen LogP contribution is 2.21. The third-order valence-corrected chi connectivity index (χ3v) is 3.17. The molecular formula is C20H25NO. The van der Waals surface area contributed by atoms with E-state index in [-0.39, 0.29) is 5.43 Å². The summed E-state index contributed by atoms with van der Waals surface area (Å²) in [6, 6.07) is 17.3. The Labute approximate surface area is 132 Å². The highest BCUT2D eigenvalue weighted by atomic mass is 16.1. The van der Waals surface area contributed by atoms with Crippen LogP contribution in [0.15, 0.2) is 59.4 Å². The number of para-hydroxylation sites is 1. The van der Waals surface area contributed by atoms with Gasteiger partial charge in [-0.15, -0.1) is 0 Å². The lowest BCUT2D eigenvalue weighted by Crippen LogP contribution is -2.03. The summed E-state index contributed by atoms with van der Waals surface area (Å²) in [4.78, 5) is 15.4. The molecule has 0 fully saturated rings. The highest BCUT2D eigenvalue weighted by Gasteiger charge is 2.05. The number of H-pyrrole nitrogens is 1. The van der Waals surface area contributed by atoms with Crippen LogP contribution in [0.5, 0.6) is 0 Å². The Kier molecular flexibility index (Phi) is 7.11. The summed E-state index contributed by atoms with van der Waals surface area (Å²) in [6.07, 6.45) is 0. The third-order valence-electron chi connectivity index (χ3n) is 3.17. The fourth-order valence-corrected chi connectivity index (χ4v) is 2.22. The van der Waals surface area contributed by atoms with Gasteiger partial charge in [-0.05, 0) is 24.6 Å². The van der Waals surface area contributed by atoms with Crippen LogP contribution in [0.3, 0.4) is 0 Å². The molecule has 22 heavy (non-hydrogen) atoms. The zero-order chi connectivity index (χ0) is 16.5. The minimum absolute atomic E-state index is 0.0580. The molecule has 0 aliphatic heterocycles. The Morgan fingerprint density at radius 1 is 0.818 bits per heavy atom. The second-order valence-electron chi connectivity index (χ2n) is 4.41. The smallest absolute Gasteiger partial charge is 0.190 e. The number of benzene rings is 2. The fourth-order valence-electron chi connectivity index (χ4n) is 2.22. The van der Waals surface area contributed by atoms with E-state index in [9.17, 15) is 4.79 Å². The Hall–Kier alpha value is -2.35. The maximum absolute atomic E-state index is 12.1. The molecule has 0 aliphatic carbocycles. The Morgan fingerprint density at radius 2 is 1.41 bits per heavy atom. The van der Waals surface area contributed by atoms with Gasteiger partial charge in [0.15, 0.2) is 5.43 Å². The van der Waals surface area contributed by atoms with Crippen molar-refractivity contribution < 1.29 is 0 Å². The van der Waals surface area contributed by atoms with E-state index in [1.54, 1.807) is 6.07 Å². The molecule has 1 heterocycles. The first-order chi connectivity index (χ1) is 10.8. The Balaban J connectivity index is 0.000000561. The van der Waals surface area contributed by atoms with Gasteiger partial charge in [-0.25, -0.2) is 0 Å². The molecule has 0 saturated carbocycles. The van der Waals surface area contributed by atoms with Crippen molar-refractivity contribution in [3.05, 3.63) is 70.4 Å². The first-order valence-corrected chi connectivity index (χ1v) is 7.94. The van der Waals surface area contributed by atoms with Crippen LogP contribution in [0.4, 0.5) is 0 Å². The van der Waals surface area contributed by atoms with Gasteiger partial charge in [0.1, 0.15) is 0 Å². The Bertz CT molecular complexity index is 772. The van der Waals surface area contributed by atoms with E-state index in [1.165, 1.54) is 0 Å². The van der Waals surface area contributed by atoms with Gasteiger partial charge < -0.3 is 4.98 Å². The van der Waals surface area contributed by atoms with E-state index < -0.39 is 0 Å². The van der Waals surface area contributed by atoms with Crippen molar-refractivity contribution in [1.29, 1.82) is 0 Å². The van der Waals surface area contributed by atoms with Crippen LogP contribution in [0.25, 0.3) is 22.2 Å². The molecule has 3 aromatic rings. The van der Waals surface area contributed by atoms with Crippen LogP contribution >= 0.6 is 0 Å². The topological polar surface area (TPSA) is 32.9 Å². The van der Waals surface area contributed by atoms with E-state index in [1.807, 2.05) is 83.1 Å². The largest absolute Gasteiger partial charge is 0.354 e. The summed E-state index contributed by atoms with van der Waals surface area (Å²) in [5.74, 6) is 0. The predicted molar refractivity (Wildman–Crippen MR) is 97.4 cm³/mol. The number of hydrogen-bond donors (Lipinski definition) is 1. The van der Waals surface area contributed by atoms with Gasteiger partial charge in [-0.1, -0.05) is 64.1 Å². The number of aromatic amines is 1. The number of pyridine rings is 1. The lowest BCUT2D eigenvalue weighted by atomic mass is 10.0. The molecule has 1 N–H and O–H groups in total. The van der Waals surface area contributed by atoms with Gasteiger partial charge >= 0.3 is 0 Å². The quantitative estimate of drug-likeness (QED) is 0.626. The fraction of sp³-hybridized carbons (Fsp3) is 0.250. The SMILES string of the molecule is CC.CC.Cc1ccccc1-c1cc(=O)c2ccccc2[nH]1. The lowest BCUT2D eigenvalue weighted by molar-refractivity contribution is 1.35. The minimum atomic E-state index is 0.0580. The van der Waals surface area contributed by atoms with Crippen LogP contribution in [-0.4, -0.2) is 4.98 Å². The molecule has 0 unspecified atom stereocenters. The summed E-state index contributed by atoms with van der Waals surface area (Å²) in [6.45, 7) is 10.0. The molecule has 2 heteroatoms. The van der Waals surface area contributed by atoms with Gasteiger partial charge in [-0.2, -0.15) is 0 Å². The minimum Gasteiger partial charge on any atom is -0.354 e. The van der Waals surface area contributed by atoms with Gasteiger partial charge in [0, 0.05) is 28.2 Å². The number of hydrogen-bond acceptors (Lipinski definition) is 1. The van der Waals surface area contributed by atoms with Crippen LogP contribution in [0, 0.1) is 6.92 Å². The van der Waals surface area contributed by atoms with Crippen molar-refractivity contribution in [2.24, 2.45) is 0 Å². The molecule has 3 rings (SSSR count). The summed E-state index contributed by atoms with van der Waals surface area (Å²) in [5.41, 5.74) is 4.03. The molecular weight excluding hydrogens is 270 g/mol. The number of fused-ring (bicyclic) bond motifs is 1. The molecule has 0 atom stereocenters. The first-order valence-electron chi connectivity index (χ1n) is 7.94. The zero-order valence-electron chi connectivity index (χ0n) is 14.1. The molecule has 116 valence electrons. The van der Waals surface area contributed by atoms with Gasteiger partial charge in [0.25, 0.3) is 0 Å². The van der Waals surface area contributed by atoms with Crippen molar-refractivity contribution in [3.63, 3.8) is 0 Å². The van der Waals surface area contributed by atoms with Crippen molar-refractivity contribution in [1.82, 2.24) is 4.98 Å². The average molecular weight is 295 g/mol. The molecule has 0 amide bonds. The maximum Gasteiger partial charge on any atom is 0.190 e. The molecule has 2 aromatic carbocycles. The highest BCUT2D eigenvalue weighted by molar-refractivity contribution is 5.81. The third kappa shape index (κ3) is 3.85. The summed E-state index contributed by atoms with van der Waals surface area (Å²) in [7, 11) is 0. The van der Waals surface area contributed by atoms with Crippen LogP contribution < -0.4 is 5.43 Å². The van der Waals surface area contributed by atoms with E-state index in [4.69, 9.17) is 0 Å². The van der Waals surface area contributed by atoms with E-state index >= 15 is 0 Å². The normalized spacial score (nSPS) is 9.32. The number of aromatic nitrogens is 1. The van der Waals surface area contributed by atoms with Crippen LogP contribution in [0.1, 0.15) is 33.3 Å². The van der Waals surface area contributed by atoms with Crippen molar-refractivity contribution in [3.8, 4) is 11.3 Å². The van der Waals surface area contributed by atoms with E-state index in [0.29, 0.717) is 0 Å². The number of aryl methyl sites for hydroxylation is 1. The molecule has 2 nitrogen and oxygen atoms in total. The maximum atomic E-state index is 12.1. The number of rotatable bonds is 1. The molecule has 1 aromatic heterocycles. The van der Waals surface area contributed by atoms with Gasteiger partial charge in [-0.3, -0.25) is 4.79 Å².